The van der Waals surface area contributed by atoms with Gasteiger partial charge in [-0.2, -0.15) is 0 Å². The van der Waals surface area contributed by atoms with E-state index in [1.807, 2.05) is 0 Å². The van der Waals surface area contributed by atoms with E-state index in [9.17, 15) is 18.0 Å². The fourth-order valence-corrected chi connectivity index (χ4v) is 2.30. The molecule has 1 unspecified atom stereocenters. The van der Waals surface area contributed by atoms with Crippen molar-refractivity contribution in [3.05, 3.63) is 28.8 Å². The summed E-state index contributed by atoms with van der Waals surface area (Å²) in [4.78, 5) is 11.7. The SMILES string of the molecule is COC(=O)C(c1ccc(OC(F)(F)F)c(Cl)c1)C1CC1. The van der Waals surface area contributed by atoms with Crippen LogP contribution in [0, 0.1) is 5.92 Å². The van der Waals surface area contributed by atoms with Crippen LogP contribution in [0.25, 0.3) is 0 Å². The number of halogens is 4. The fraction of sp³-hybridized carbons (Fsp3) is 0.462. The second kappa shape index (κ2) is 5.52. The lowest BCUT2D eigenvalue weighted by atomic mass is 9.94. The zero-order valence-corrected chi connectivity index (χ0v) is 11.3. The molecule has 0 N–H and O–H groups in total. The minimum absolute atomic E-state index is 0.160. The van der Waals surface area contributed by atoms with E-state index in [-0.39, 0.29) is 10.9 Å². The Morgan fingerprint density at radius 1 is 1.40 bits per heavy atom. The summed E-state index contributed by atoms with van der Waals surface area (Å²) in [7, 11) is 1.28. The van der Waals surface area contributed by atoms with Gasteiger partial charge in [0, 0.05) is 0 Å². The average Bonchev–Trinajstić information content (AvgIpc) is 3.15. The molecule has 0 spiro atoms. The summed E-state index contributed by atoms with van der Waals surface area (Å²) in [6, 6.07) is 3.85. The number of hydrogen-bond acceptors (Lipinski definition) is 3. The lowest BCUT2D eigenvalue weighted by Gasteiger charge is -2.16. The molecule has 0 saturated heterocycles. The predicted molar refractivity (Wildman–Crippen MR) is 65.6 cm³/mol. The number of esters is 1. The van der Waals surface area contributed by atoms with E-state index in [2.05, 4.69) is 4.74 Å². The number of methoxy groups -OCH3 is 1. The molecule has 110 valence electrons. The standard InChI is InChI=1S/C13H12ClF3O3/c1-19-12(18)11(7-2-3-7)8-4-5-10(9(14)6-8)20-13(15,16)17/h4-7,11H,2-3H2,1H3. The molecule has 0 aromatic heterocycles. The molecule has 20 heavy (non-hydrogen) atoms. The van der Waals surface area contributed by atoms with Crippen LogP contribution in [-0.4, -0.2) is 19.4 Å². The topological polar surface area (TPSA) is 35.5 Å². The Labute approximate surface area is 118 Å². The first kappa shape index (κ1) is 15.0. The van der Waals surface area contributed by atoms with Gasteiger partial charge in [0.1, 0.15) is 5.75 Å². The molecule has 0 amide bonds. The molecule has 1 aliphatic rings. The lowest BCUT2D eigenvalue weighted by Crippen LogP contribution is -2.18. The molecule has 1 aromatic carbocycles. The van der Waals surface area contributed by atoms with E-state index in [4.69, 9.17) is 16.3 Å². The predicted octanol–water partition coefficient (Wildman–Crippen LogP) is 3.91. The number of hydrogen-bond donors (Lipinski definition) is 0. The van der Waals surface area contributed by atoms with Crippen molar-refractivity contribution in [2.45, 2.75) is 25.1 Å². The van der Waals surface area contributed by atoms with Gasteiger partial charge in [-0.05, 0) is 36.5 Å². The Morgan fingerprint density at radius 2 is 2.05 bits per heavy atom. The Balaban J connectivity index is 2.25. The van der Waals surface area contributed by atoms with Crippen LogP contribution in [0.5, 0.6) is 5.75 Å². The van der Waals surface area contributed by atoms with Gasteiger partial charge in [0.2, 0.25) is 0 Å². The second-order valence-corrected chi connectivity index (χ2v) is 4.98. The van der Waals surface area contributed by atoms with Crippen molar-refractivity contribution in [1.82, 2.24) is 0 Å². The largest absolute Gasteiger partial charge is 0.573 e. The van der Waals surface area contributed by atoms with Gasteiger partial charge in [-0.3, -0.25) is 4.79 Å². The summed E-state index contributed by atoms with van der Waals surface area (Å²) in [6.45, 7) is 0. The summed E-state index contributed by atoms with van der Waals surface area (Å²) < 4.78 is 44.9. The molecule has 0 aliphatic heterocycles. The van der Waals surface area contributed by atoms with Gasteiger partial charge in [0.05, 0.1) is 18.1 Å². The molecular weight excluding hydrogens is 297 g/mol. The second-order valence-electron chi connectivity index (χ2n) is 4.58. The maximum atomic E-state index is 12.1. The van der Waals surface area contributed by atoms with Crippen LogP contribution in [0.4, 0.5) is 13.2 Å². The summed E-state index contributed by atoms with van der Waals surface area (Å²) >= 11 is 5.78. The molecule has 1 fully saturated rings. The van der Waals surface area contributed by atoms with E-state index in [0.29, 0.717) is 5.56 Å². The van der Waals surface area contributed by atoms with Crippen molar-refractivity contribution in [3.8, 4) is 5.75 Å². The summed E-state index contributed by atoms with van der Waals surface area (Å²) in [5.41, 5.74) is 0.541. The van der Waals surface area contributed by atoms with Crippen molar-refractivity contribution >= 4 is 17.6 Å². The Morgan fingerprint density at radius 3 is 2.50 bits per heavy atom. The van der Waals surface area contributed by atoms with Crippen molar-refractivity contribution in [2.24, 2.45) is 5.92 Å². The maximum absolute atomic E-state index is 12.1. The molecule has 0 bridgehead atoms. The molecule has 1 aromatic rings. The first-order valence-electron chi connectivity index (χ1n) is 5.95. The third-order valence-electron chi connectivity index (χ3n) is 3.09. The first-order chi connectivity index (χ1) is 9.31. The van der Waals surface area contributed by atoms with Crippen LogP contribution < -0.4 is 4.74 Å². The average molecular weight is 309 g/mol. The van der Waals surface area contributed by atoms with E-state index in [1.54, 1.807) is 0 Å². The monoisotopic (exact) mass is 308 g/mol. The molecule has 1 saturated carbocycles. The fourth-order valence-electron chi connectivity index (χ4n) is 2.08. The van der Waals surface area contributed by atoms with E-state index < -0.39 is 24.0 Å². The van der Waals surface area contributed by atoms with Gasteiger partial charge in [0.25, 0.3) is 0 Å². The lowest BCUT2D eigenvalue weighted by molar-refractivity contribution is -0.274. The zero-order valence-electron chi connectivity index (χ0n) is 10.5. The van der Waals surface area contributed by atoms with Gasteiger partial charge in [0.15, 0.2) is 0 Å². The summed E-state index contributed by atoms with van der Waals surface area (Å²) in [6.07, 6.45) is -3.03. The van der Waals surface area contributed by atoms with Gasteiger partial charge < -0.3 is 9.47 Å². The third kappa shape index (κ3) is 3.56. The minimum Gasteiger partial charge on any atom is -0.469 e. The van der Waals surface area contributed by atoms with Crippen LogP contribution in [0.3, 0.4) is 0 Å². The van der Waals surface area contributed by atoms with Crippen LogP contribution in [0.2, 0.25) is 5.02 Å². The summed E-state index contributed by atoms with van der Waals surface area (Å²) in [5, 5.41) is -0.186. The van der Waals surface area contributed by atoms with E-state index >= 15 is 0 Å². The van der Waals surface area contributed by atoms with Crippen molar-refractivity contribution in [1.29, 1.82) is 0 Å². The molecule has 3 nitrogen and oxygen atoms in total. The number of ether oxygens (including phenoxy) is 2. The number of carbonyl (C=O) groups excluding carboxylic acids is 1. The molecule has 0 radical (unpaired) electrons. The number of benzene rings is 1. The van der Waals surface area contributed by atoms with E-state index in [0.717, 1.165) is 18.9 Å². The highest BCUT2D eigenvalue weighted by molar-refractivity contribution is 6.32. The molecule has 2 rings (SSSR count). The highest BCUT2D eigenvalue weighted by atomic mass is 35.5. The number of rotatable bonds is 4. The van der Waals surface area contributed by atoms with Crippen molar-refractivity contribution < 1.29 is 27.4 Å². The van der Waals surface area contributed by atoms with Crippen LogP contribution in [0.1, 0.15) is 24.3 Å². The Hall–Kier alpha value is -1.43. The summed E-state index contributed by atoms with van der Waals surface area (Å²) in [5.74, 6) is -1.22. The van der Waals surface area contributed by atoms with Crippen molar-refractivity contribution in [2.75, 3.05) is 7.11 Å². The van der Waals surface area contributed by atoms with Crippen LogP contribution in [-0.2, 0) is 9.53 Å². The first-order valence-corrected chi connectivity index (χ1v) is 6.32. The van der Waals surface area contributed by atoms with Crippen LogP contribution in [0.15, 0.2) is 18.2 Å². The maximum Gasteiger partial charge on any atom is 0.573 e. The zero-order chi connectivity index (χ0) is 14.9. The Kier molecular flexibility index (Phi) is 4.13. The molecule has 1 atom stereocenters. The van der Waals surface area contributed by atoms with Crippen molar-refractivity contribution in [3.63, 3.8) is 0 Å². The minimum atomic E-state index is -4.80. The quantitative estimate of drug-likeness (QED) is 0.791. The van der Waals surface area contributed by atoms with Gasteiger partial charge in [-0.15, -0.1) is 13.2 Å². The highest BCUT2D eigenvalue weighted by Crippen LogP contribution is 2.44. The molecule has 1 aliphatic carbocycles. The Bertz CT molecular complexity index is 512. The highest BCUT2D eigenvalue weighted by Gasteiger charge is 2.38. The molecular formula is C13H12ClF3O3. The van der Waals surface area contributed by atoms with Gasteiger partial charge in [-0.25, -0.2) is 0 Å². The van der Waals surface area contributed by atoms with Crippen LogP contribution >= 0.6 is 11.6 Å². The number of carbonyl (C=O) groups is 1. The normalized spacial score (nSPS) is 16.6. The smallest absolute Gasteiger partial charge is 0.469 e. The molecule has 0 heterocycles. The van der Waals surface area contributed by atoms with Gasteiger partial charge in [-0.1, -0.05) is 17.7 Å². The van der Waals surface area contributed by atoms with Gasteiger partial charge >= 0.3 is 12.3 Å². The molecule has 7 heteroatoms. The number of alkyl halides is 3. The third-order valence-corrected chi connectivity index (χ3v) is 3.38. The van der Waals surface area contributed by atoms with E-state index in [1.165, 1.54) is 19.2 Å².